The predicted molar refractivity (Wildman–Crippen MR) is 71.9 cm³/mol. The van der Waals surface area contributed by atoms with Gasteiger partial charge in [-0.25, -0.2) is 12.8 Å². The molecule has 0 spiro atoms. The van der Waals surface area contributed by atoms with Crippen molar-refractivity contribution < 1.29 is 22.3 Å². The molecule has 0 radical (unpaired) electrons. The van der Waals surface area contributed by atoms with Crippen molar-refractivity contribution in [2.75, 3.05) is 25.9 Å². The van der Waals surface area contributed by atoms with Crippen LogP contribution in [0.15, 0.2) is 23.1 Å². The molecule has 0 saturated carbocycles. The number of methoxy groups -OCH3 is 1. The number of hydrogen-bond acceptors (Lipinski definition) is 5. The molecule has 0 aliphatic rings. The van der Waals surface area contributed by atoms with Crippen LogP contribution in [-0.2, 0) is 19.6 Å². The van der Waals surface area contributed by atoms with Gasteiger partial charge in [-0.3, -0.25) is 4.79 Å². The molecule has 0 unspecified atom stereocenters. The van der Waals surface area contributed by atoms with Crippen molar-refractivity contribution in [3.05, 3.63) is 24.0 Å². The SMILES string of the molecule is CCCN(CC(=O)OC)S(=O)(=O)c1ccc(N)c(F)c1. The summed E-state index contributed by atoms with van der Waals surface area (Å²) in [4.78, 5) is 11.0. The van der Waals surface area contributed by atoms with Crippen LogP contribution in [0.4, 0.5) is 10.1 Å². The van der Waals surface area contributed by atoms with E-state index >= 15 is 0 Å². The van der Waals surface area contributed by atoms with E-state index in [1.54, 1.807) is 6.92 Å². The van der Waals surface area contributed by atoms with Crippen LogP contribution < -0.4 is 5.73 Å². The molecule has 1 aromatic carbocycles. The molecule has 0 aliphatic heterocycles. The number of esters is 1. The van der Waals surface area contributed by atoms with Gasteiger partial charge in [0.25, 0.3) is 0 Å². The molecule has 1 aromatic rings. The summed E-state index contributed by atoms with van der Waals surface area (Å²) in [6.45, 7) is 1.48. The van der Waals surface area contributed by atoms with Gasteiger partial charge in [-0.1, -0.05) is 6.92 Å². The molecule has 0 amide bonds. The maximum absolute atomic E-state index is 13.4. The van der Waals surface area contributed by atoms with Crippen LogP contribution in [0, 0.1) is 5.82 Å². The molecule has 0 aromatic heterocycles. The number of nitrogens with zero attached hydrogens (tertiary/aromatic N) is 1. The lowest BCUT2D eigenvalue weighted by Gasteiger charge is -2.20. The highest BCUT2D eigenvalue weighted by Crippen LogP contribution is 2.20. The normalized spacial score (nSPS) is 11.6. The monoisotopic (exact) mass is 304 g/mol. The van der Waals surface area contributed by atoms with Gasteiger partial charge < -0.3 is 10.5 Å². The average Bonchev–Trinajstić information content (AvgIpc) is 2.40. The molecule has 0 fully saturated rings. The van der Waals surface area contributed by atoms with E-state index in [0.29, 0.717) is 6.42 Å². The topological polar surface area (TPSA) is 89.7 Å². The Morgan fingerprint density at radius 3 is 2.60 bits per heavy atom. The minimum atomic E-state index is -3.97. The molecule has 0 aliphatic carbocycles. The lowest BCUT2D eigenvalue weighted by atomic mass is 10.3. The first-order chi connectivity index (χ1) is 9.32. The summed E-state index contributed by atoms with van der Waals surface area (Å²) in [5.74, 6) is -1.50. The number of ether oxygens (including phenoxy) is 1. The standard InChI is InChI=1S/C12H17FN2O4S/c1-3-6-15(8-12(16)19-2)20(17,18)9-4-5-11(14)10(13)7-9/h4-5,7H,3,6,8,14H2,1-2H3. The fourth-order valence-corrected chi connectivity index (χ4v) is 3.05. The Bertz CT molecular complexity index is 589. The smallest absolute Gasteiger partial charge is 0.321 e. The number of anilines is 1. The molecule has 20 heavy (non-hydrogen) atoms. The molecule has 0 atom stereocenters. The van der Waals surface area contributed by atoms with E-state index in [9.17, 15) is 17.6 Å². The van der Waals surface area contributed by atoms with Gasteiger partial charge in [0.2, 0.25) is 10.0 Å². The second kappa shape index (κ2) is 6.67. The molecule has 0 saturated heterocycles. The van der Waals surface area contributed by atoms with Gasteiger partial charge >= 0.3 is 5.97 Å². The highest BCUT2D eigenvalue weighted by Gasteiger charge is 2.26. The van der Waals surface area contributed by atoms with Gasteiger partial charge in [0.05, 0.1) is 17.7 Å². The molecule has 8 heteroatoms. The third kappa shape index (κ3) is 3.67. The molecule has 0 bridgehead atoms. The van der Waals surface area contributed by atoms with Crippen LogP contribution in [0.3, 0.4) is 0 Å². The summed E-state index contributed by atoms with van der Waals surface area (Å²) in [6, 6.07) is 3.21. The van der Waals surface area contributed by atoms with Crippen molar-refractivity contribution in [3.63, 3.8) is 0 Å². The van der Waals surface area contributed by atoms with E-state index < -0.39 is 28.4 Å². The van der Waals surface area contributed by atoms with Crippen LogP contribution in [0.25, 0.3) is 0 Å². The highest BCUT2D eigenvalue weighted by molar-refractivity contribution is 7.89. The first-order valence-corrected chi connectivity index (χ1v) is 7.39. The number of benzene rings is 1. The van der Waals surface area contributed by atoms with Gasteiger partial charge in [-0.2, -0.15) is 4.31 Å². The minimum absolute atomic E-state index is 0.128. The second-order valence-electron chi connectivity index (χ2n) is 4.10. The molecular formula is C12H17FN2O4S. The Morgan fingerprint density at radius 1 is 1.45 bits per heavy atom. The summed E-state index contributed by atoms with van der Waals surface area (Å²) in [5, 5.41) is 0. The summed E-state index contributed by atoms with van der Waals surface area (Å²) in [6.07, 6.45) is 0.508. The molecule has 0 heterocycles. The summed E-state index contributed by atoms with van der Waals surface area (Å²) in [5.41, 5.74) is 5.17. The Kier molecular flexibility index (Phi) is 5.46. The Morgan fingerprint density at radius 2 is 2.10 bits per heavy atom. The van der Waals surface area contributed by atoms with Gasteiger partial charge in [0.1, 0.15) is 12.4 Å². The van der Waals surface area contributed by atoms with Gasteiger partial charge in [-0.05, 0) is 24.6 Å². The van der Waals surface area contributed by atoms with E-state index in [4.69, 9.17) is 5.73 Å². The number of halogens is 1. The van der Waals surface area contributed by atoms with E-state index in [-0.39, 0.29) is 17.1 Å². The van der Waals surface area contributed by atoms with Crippen molar-refractivity contribution in [3.8, 4) is 0 Å². The fourth-order valence-electron chi connectivity index (χ4n) is 1.56. The van der Waals surface area contributed by atoms with Crippen molar-refractivity contribution in [2.45, 2.75) is 18.2 Å². The number of carbonyl (C=O) groups excluding carboxylic acids is 1. The third-order valence-corrected chi connectivity index (χ3v) is 4.46. The van der Waals surface area contributed by atoms with E-state index in [1.807, 2.05) is 0 Å². The Balaban J connectivity index is 3.14. The maximum Gasteiger partial charge on any atom is 0.321 e. The van der Waals surface area contributed by atoms with E-state index in [1.165, 1.54) is 19.2 Å². The van der Waals surface area contributed by atoms with E-state index in [0.717, 1.165) is 10.4 Å². The lowest BCUT2D eigenvalue weighted by molar-refractivity contribution is -0.140. The summed E-state index contributed by atoms with van der Waals surface area (Å²) >= 11 is 0. The Labute approximate surface area is 117 Å². The Hall–Kier alpha value is -1.67. The number of nitrogen functional groups attached to an aromatic ring is 1. The summed E-state index contributed by atoms with van der Waals surface area (Å²) in [7, 11) is -2.80. The number of nitrogens with two attached hydrogens (primary N) is 1. The second-order valence-corrected chi connectivity index (χ2v) is 6.04. The molecular weight excluding hydrogens is 287 g/mol. The van der Waals surface area contributed by atoms with Gasteiger partial charge in [0, 0.05) is 6.54 Å². The summed E-state index contributed by atoms with van der Waals surface area (Å²) < 4.78 is 43.5. The predicted octanol–water partition coefficient (Wildman–Crippen LogP) is 0.982. The van der Waals surface area contributed by atoms with E-state index in [2.05, 4.69) is 4.74 Å². The molecule has 2 N–H and O–H groups in total. The van der Waals surface area contributed by atoms with Crippen LogP contribution >= 0.6 is 0 Å². The zero-order valence-corrected chi connectivity index (χ0v) is 12.1. The number of rotatable bonds is 6. The zero-order chi connectivity index (χ0) is 15.3. The van der Waals surface area contributed by atoms with Crippen molar-refractivity contribution >= 4 is 21.7 Å². The minimum Gasteiger partial charge on any atom is -0.468 e. The van der Waals surface area contributed by atoms with Crippen molar-refractivity contribution in [2.24, 2.45) is 0 Å². The van der Waals surface area contributed by atoms with Crippen LogP contribution in [0.2, 0.25) is 0 Å². The number of sulfonamides is 1. The van der Waals surface area contributed by atoms with Gasteiger partial charge in [-0.15, -0.1) is 0 Å². The quantitative estimate of drug-likeness (QED) is 0.625. The average molecular weight is 304 g/mol. The van der Waals surface area contributed by atoms with Crippen molar-refractivity contribution in [1.82, 2.24) is 4.31 Å². The first-order valence-electron chi connectivity index (χ1n) is 5.95. The molecule has 1 rings (SSSR count). The number of carbonyl (C=O) groups is 1. The largest absolute Gasteiger partial charge is 0.468 e. The van der Waals surface area contributed by atoms with Crippen molar-refractivity contribution in [1.29, 1.82) is 0 Å². The third-order valence-electron chi connectivity index (χ3n) is 2.62. The number of hydrogen-bond donors (Lipinski definition) is 1. The van der Waals surface area contributed by atoms with Crippen LogP contribution in [0.1, 0.15) is 13.3 Å². The maximum atomic E-state index is 13.4. The zero-order valence-electron chi connectivity index (χ0n) is 11.3. The highest BCUT2D eigenvalue weighted by atomic mass is 32.2. The molecule has 6 nitrogen and oxygen atoms in total. The van der Waals surface area contributed by atoms with Gasteiger partial charge in [0.15, 0.2) is 0 Å². The lowest BCUT2D eigenvalue weighted by Crippen LogP contribution is -2.36. The van der Waals surface area contributed by atoms with Crippen LogP contribution in [0.5, 0.6) is 0 Å². The molecule has 112 valence electrons. The first kappa shape index (κ1) is 16.4. The fraction of sp³-hybridized carbons (Fsp3) is 0.417. The van der Waals surface area contributed by atoms with Crippen LogP contribution in [-0.4, -0.2) is 38.9 Å².